The Morgan fingerprint density at radius 2 is 1.50 bits per heavy atom. The van der Waals surface area contributed by atoms with Crippen LogP contribution >= 0.6 is 0 Å². The smallest absolute Gasteiger partial charge is 0.254 e. The van der Waals surface area contributed by atoms with Crippen molar-refractivity contribution in [1.82, 2.24) is 20.4 Å². The van der Waals surface area contributed by atoms with Crippen molar-refractivity contribution in [2.45, 2.75) is 19.9 Å². The van der Waals surface area contributed by atoms with Gasteiger partial charge in [-0.1, -0.05) is 55.5 Å². The molecule has 0 atom stereocenters. The Hall–Kier alpha value is -3.41. The van der Waals surface area contributed by atoms with Gasteiger partial charge in [0, 0.05) is 18.7 Å². The van der Waals surface area contributed by atoms with Crippen LogP contribution in [-0.2, 0) is 13.0 Å². The number of nitrogens with zero attached hydrogens (tertiary/aromatic N) is 2. The summed E-state index contributed by atoms with van der Waals surface area (Å²) < 4.78 is 1.86. The SMILES string of the molecule is CCc1c(C(=O)NCCNC(=O)c2ccccc2)cnn1Cc1ccccc1. The molecule has 0 radical (unpaired) electrons. The number of carbonyl (C=O) groups is 2. The quantitative estimate of drug-likeness (QED) is 0.594. The highest BCUT2D eigenvalue weighted by Crippen LogP contribution is 2.12. The van der Waals surface area contributed by atoms with Crippen molar-refractivity contribution < 1.29 is 9.59 Å². The summed E-state index contributed by atoms with van der Waals surface area (Å²) in [6.07, 6.45) is 2.32. The molecule has 0 unspecified atom stereocenters. The van der Waals surface area contributed by atoms with Gasteiger partial charge < -0.3 is 10.6 Å². The van der Waals surface area contributed by atoms with Crippen LogP contribution in [0.2, 0.25) is 0 Å². The van der Waals surface area contributed by atoms with Crippen molar-refractivity contribution in [2.24, 2.45) is 0 Å². The van der Waals surface area contributed by atoms with Gasteiger partial charge in [0.2, 0.25) is 0 Å². The lowest BCUT2D eigenvalue weighted by Crippen LogP contribution is -2.35. The van der Waals surface area contributed by atoms with E-state index >= 15 is 0 Å². The molecule has 6 heteroatoms. The van der Waals surface area contributed by atoms with Gasteiger partial charge in [-0.3, -0.25) is 14.3 Å². The highest BCUT2D eigenvalue weighted by Gasteiger charge is 2.16. The highest BCUT2D eigenvalue weighted by atomic mass is 16.2. The van der Waals surface area contributed by atoms with Crippen molar-refractivity contribution in [3.63, 3.8) is 0 Å². The minimum atomic E-state index is -0.176. The van der Waals surface area contributed by atoms with Crippen LogP contribution in [0, 0.1) is 0 Å². The number of nitrogens with one attached hydrogen (secondary N) is 2. The fourth-order valence-electron chi connectivity index (χ4n) is 3.00. The zero-order valence-corrected chi connectivity index (χ0v) is 15.9. The van der Waals surface area contributed by atoms with E-state index in [0.29, 0.717) is 37.2 Å². The van der Waals surface area contributed by atoms with Crippen molar-refractivity contribution in [3.05, 3.63) is 89.2 Å². The maximum atomic E-state index is 12.5. The van der Waals surface area contributed by atoms with E-state index in [1.165, 1.54) is 0 Å². The predicted octanol–water partition coefficient (Wildman–Crippen LogP) is 2.65. The van der Waals surface area contributed by atoms with Crippen LogP contribution in [0.5, 0.6) is 0 Å². The minimum Gasteiger partial charge on any atom is -0.350 e. The number of carbonyl (C=O) groups excluding carboxylic acids is 2. The third kappa shape index (κ3) is 4.85. The lowest BCUT2D eigenvalue weighted by molar-refractivity contribution is 0.0927. The number of hydrogen-bond acceptors (Lipinski definition) is 3. The second-order valence-electron chi connectivity index (χ2n) is 6.38. The Bertz CT molecular complexity index is 920. The van der Waals surface area contributed by atoms with Crippen molar-refractivity contribution in [1.29, 1.82) is 0 Å². The maximum Gasteiger partial charge on any atom is 0.254 e. The van der Waals surface area contributed by atoms with Crippen LogP contribution < -0.4 is 10.6 Å². The fraction of sp³-hybridized carbons (Fsp3) is 0.227. The molecule has 2 N–H and O–H groups in total. The molecule has 1 heterocycles. The Kier molecular flexibility index (Phi) is 6.57. The first-order chi connectivity index (χ1) is 13.7. The van der Waals surface area contributed by atoms with Crippen molar-refractivity contribution in [3.8, 4) is 0 Å². The first-order valence-electron chi connectivity index (χ1n) is 9.39. The highest BCUT2D eigenvalue weighted by molar-refractivity contribution is 5.95. The predicted molar refractivity (Wildman–Crippen MR) is 108 cm³/mol. The summed E-state index contributed by atoms with van der Waals surface area (Å²) in [4.78, 5) is 24.5. The first kappa shape index (κ1) is 19.4. The molecule has 3 aromatic rings. The summed E-state index contributed by atoms with van der Waals surface area (Å²) in [6, 6.07) is 19.0. The van der Waals surface area contributed by atoms with E-state index in [0.717, 1.165) is 11.3 Å². The number of hydrogen-bond donors (Lipinski definition) is 2. The molecule has 0 saturated heterocycles. The van der Waals surface area contributed by atoms with Gasteiger partial charge in [0.25, 0.3) is 11.8 Å². The summed E-state index contributed by atoms with van der Waals surface area (Å²) in [5, 5.41) is 10.0. The molecule has 0 spiro atoms. The van der Waals surface area contributed by atoms with Gasteiger partial charge in [-0.15, -0.1) is 0 Å². The molecule has 144 valence electrons. The maximum absolute atomic E-state index is 12.5. The van der Waals surface area contributed by atoms with E-state index in [9.17, 15) is 9.59 Å². The van der Waals surface area contributed by atoms with Crippen LogP contribution in [0.25, 0.3) is 0 Å². The Balaban J connectivity index is 1.53. The molecule has 0 fully saturated rings. The molecule has 1 aromatic heterocycles. The van der Waals surface area contributed by atoms with Crippen LogP contribution in [0.4, 0.5) is 0 Å². The molecule has 0 bridgehead atoms. The monoisotopic (exact) mass is 376 g/mol. The van der Waals surface area contributed by atoms with Gasteiger partial charge in [-0.25, -0.2) is 0 Å². The molecule has 0 aliphatic rings. The number of aromatic nitrogens is 2. The molecule has 28 heavy (non-hydrogen) atoms. The largest absolute Gasteiger partial charge is 0.350 e. The van der Waals surface area contributed by atoms with Gasteiger partial charge in [-0.05, 0) is 24.1 Å². The molecule has 3 rings (SSSR count). The Morgan fingerprint density at radius 3 is 2.14 bits per heavy atom. The van der Waals surface area contributed by atoms with E-state index in [1.807, 2.05) is 60.1 Å². The molecule has 0 aliphatic heterocycles. The molecular weight excluding hydrogens is 352 g/mol. The lowest BCUT2D eigenvalue weighted by Gasteiger charge is -2.09. The van der Waals surface area contributed by atoms with Gasteiger partial charge in [0.05, 0.1) is 24.0 Å². The van der Waals surface area contributed by atoms with Gasteiger partial charge in [0.1, 0.15) is 0 Å². The average Bonchev–Trinajstić information content (AvgIpc) is 3.14. The summed E-state index contributed by atoms with van der Waals surface area (Å²) in [7, 11) is 0. The van der Waals surface area contributed by atoms with E-state index in [1.54, 1.807) is 18.3 Å². The standard InChI is InChI=1S/C22H24N4O2/c1-2-20-19(15-25-26(20)16-17-9-5-3-6-10-17)22(28)24-14-13-23-21(27)18-11-7-4-8-12-18/h3-12,15H,2,13-14,16H2,1H3,(H,23,27)(H,24,28). The van der Waals surface area contributed by atoms with Gasteiger partial charge in [0.15, 0.2) is 0 Å². The van der Waals surface area contributed by atoms with E-state index in [4.69, 9.17) is 0 Å². The summed E-state index contributed by atoms with van der Waals surface area (Å²) >= 11 is 0. The van der Waals surface area contributed by atoms with E-state index < -0.39 is 0 Å². The van der Waals surface area contributed by atoms with Gasteiger partial charge >= 0.3 is 0 Å². The Labute approximate surface area is 164 Å². The molecule has 6 nitrogen and oxygen atoms in total. The molecule has 0 aliphatic carbocycles. The Morgan fingerprint density at radius 1 is 0.893 bits per heavy atom. The molecule has 0 saturated carbocycles. The van der Waals surface area contributed by atoms with Crippen molar-refractivity contribution >= 4 is 11.8 Å². The fourth-order valence-corrected chi connectivity index (χ4v) is 3.00. The summed E-state index contributed by atoms with van der Waals surface area (Å²) in [5.41, 5.74) is 3.21. The minimum absolute atomic E-state index is 0.153. The summed E-state index contributed by atoms with van der Waals surface area (Å²) in [5.74, 6) is -0.329. The average molecular weight is 376 g/mol. The number of benzene rings is 2. The third-order valence-electron chi connectivity index (χ3n) is 4.44. The zero-order valence-electron chi connectivity index (χ0n) is 15.9. The normalized spacial score (nSPS) is 10.5. The number of rotatable bonds is 8. The lowest BCUT2D eigenvalue weighted by atomic mass is 10.1. The van der Waals surface area contributed by atoms with Crippen LogP contribution in [0.1, 0.15) is 38.9 Å². The molecule has 2 amide bonds. The third-order valence-corrected chi connectivity index (χ3v) is 4.44. The molecular formula is C22H24N4O2. The number of amides is 2. The zero-order chi connectivity index (χ0) is 19.8. The topological polar surface area (TPSA) is 76.0 Å². The van der Waals surface area contributed by atoms with Gasteiger partial charge in [-0.2, -0.15) is 5.10 Å². The second-order valence-corrected chi connectivity index (χ2v) is 6.38. The van der Waals surface area contributed by atoms with Crippen molar-refractivity contribution in [2.75, 3.05) is 13.1 Å². The van der Waals surface area contributed by atoms with E-state index in [-0.39, 0.29) is 11.8 Å². The summed E-state index contributed by atoms with van der Waals surface area (Å²) in [6.45, 7) is 3.35. The van der Waals surface area contributed by atoms with Crippen LogP contribution in [0.3, 0.4) is 0 Å². The van der Waals surface area contributed by atoms with E-state index in [2.05, 4.69) is 15.7 Å². The second kappa shape index (κ2) is 9.50. The molecule has 2 aromatic carbocycles. The first-order valence-corrected chi connectivity index (χ1v) is 9.39. The van der Waals surface area contributed by atoms with Crippen LogP contribution in [0.15, 0.2) is 66.9 Å². The van der Waals surface area contributed by atoms with Crippen LogP contribution in [-0.4, -0.2) is 34.7 Å².